The van der Waals surface area contributed by atoms with Crippen LogP contribution in [0.3, 0.4) is 0 Å². The van der Waals surface area contributed by atoms with Gasteiger partial charge in [0.2, 0.25) is 0 Å². The summed E-state index contributed by atoms with van der Waals surface area (Å²) in [5.41, 5.74) is 10.3. The van der Waals surface area contributed by atoms with Crippen molar-refractivity contribution >= 4 is 41.6 Å². The number of carbonyl (C=O) groups excluding carboxylic acids is 1. The molecule has 7 heteroatoms. The van der Waals surface area contributed by atoms with E-state index in [2.05, 4.69) is 10.3 Å². The summed E-state index contributed by atoms with van der Waals surface area (Å²) >= 11 is 0. The Hall–Kier alpha value is -2.21. The first-order valence-corrected chi connectivity index (χ1v) is 8.97. The van der Waals surface area contributed by atoms with E-state index >= 15 is 0 Å². The first-order valence-electron chi connectivity index (χ1n) is 8.97. The fourth-order valence-electron chi connectivity index (χ4n) is 3.19. The number of benzene rings is 1. The zero-order chi connectivity index (χ0) is 18.1. The summed E-state index contributed by atoms with van der Waals surface area (Å²) in [6.07, 6.45) is 5.81. The molecule has 0 aliphatic heterocycles. The zero-order valence-electron chi connectivity index (χ0n) is 15.6. The number of fused-ring (bicyclic) bond motifs is 1. The van der Waals surface area contributed by atoms with Crippen LogP contribution in [0.5, 0.6) is 0 Å². The van der Waals surface area contributed by atoms with E-state index in [9.17, 15) is 4.79 Å². The molecule has 1 saturated carbocycles. The molecule has 1 aliphatic carbocycles. The Bertz CT molecular complexity index is 961. The molecule has 1 unspecified atom stereocenters. The lowest BCUT2D eigenvalue weighted by Crippen LogP contribution is -2.38. The van der Waals surface area contributed by atoms with Crippen LogP contribution in [0.25, 0.3) is 22.2 Å². The number of rotatable bonds is 5. The van der Waals surface area contributed by atoms with E-state index in [1.54, 1.807) is 12.4 Å². The number of nitrogens with one attached hydrogen (secondary N) is 1. The molecule has 1 aliphatic rings. The normalized spacial score (nSPS) is 13.9. The summed E-state index contributed by atoms with van der Waals surface area (Å²) in [6.45, 7) is 2.51. The number of aryl methyl sites for hydroxylation is 1. The van der Waals surface area contributed by atoms with Crippen LogP contribution in [0.1, 0.15) is 28.8 Å². The van der Waals surface area contributed by atoms with Crippen molar-refractivity contribution in [3.05, 3.63) is 59.9 Å². The van der Waals surface area contributed by atoms with Gasteiger partial charge in [-0.3, -0.25) is 9.78 Å². The van der Waals surface area contributed by atoms with Gasteiger partial charge in [0.25, 0.3) is 5.91 Å². The highest BCUT2D eigenvalue weighted by Crippen LogP contribution is 2.31. The van der Waals surface area contributed by atoms with Crippen molar-refractivity contribution in [1.82, 2.24) is 15.3 Å². The van der Waals surface area contributed by atoms with Crippen molar-refractivity contribution < 1.29 is 4.79 Å². The number of amides is 1. The number of hydrogen-bond acceptors (Lipinski definition) is 4. The highest BCUT2D eigenvalue weighted by Gasteiger charge is 2.28. The molecule has 4 rings (SSSR count). The number of nitrogens with two attached hydrogens (primary N) is 1. The first-order chi connectivity index (χ1) is 12.6. The van der Waals surface area contributed by atoms with E-state index in [0.717, 1.165) is 27.7 Å². The van der Waals surface area contributed by atoms with Crippen LogP contribution in [-0.4, -0.2) is 28.5 Å². The van der Waals surface area contributed by atoms with Crippen molar-refractivity contribution in [3.63, 3.8) is 0 Å². The van der Waals surface area contributed by atoms with E-state index in [1.807, 2.05) is 43.3 Å². The van der Waals surface area contributed by atoms with E-state index in [1.165, 1.54) is 12.8 Å². The fraction of sp³-hybridized carbons (Fsp3) is 0.286. The highest BCUT2D eigenvalue weighted by molar-refractivity contribution is 6.07. The van der Waals surface area contributed by atoms with Gasteiger partial charge in [-0.25, -0.2) is 4.98 Å². The van der Waals surface area contributed by atoms with Gasteiger partial charge in [-0.1, -0.05) is 11.6 Å². The summed E-state index contributed by atoms with van der Waals surface area (Å²) in [5, 5.41) is 3.86. The Kier molecular flexibility index (Phi) is 7.35. The maximum atomic E-state index is 12.9. The summed E-state index contributed by atoms with van der Waals surface area (Å²) in [4.78, 5) is 21.8. The van der Waals surface area contributed by atoms with Crippen LogP contribution in [0.2, 0.25) is 0 Å². The number of nitrogens with zero attached hydrogens (tertiary/aromatic N) is 2. The van der Waals surface area contributed by atoms with Crippen molar-refractivity contribution in [1.29, 1.82) is 0 Å². The average Bonchev–Trinajstić information content (AvgIpc) is 3.51. The second-order valence-corrected chi connectivity index (χ2v) is 7.03. The molecule has 1 atom stereocenters. The van der Waals surface area contributed by atoms with Gasteiger partial charge in [0.1, 0.15) is 0 Å². The Morgan fingerprint density at radius 2 is 2.04 bits per heavy atom. The second-order valence-electron chi connectivity index (χ2n) is 7.03. The van der Waals surface area contributed by atoms with Crippen LogP contribution >= 0.6 is 24.8 Å². The molecule has 3 aromatic rings. The maximum Gasteiger partial charge on any atom is 0.252 e. The summed E-state index contributed by atoms with van der Waals surface area (Å²) in [7, 11) is 0. The molecule has 0 radical (unpaired) electrons. The number of pyridine rings is 2. The predicted molar refractivity (Wildman–Crippen MR) is 117 cm³/mol. The second kappa shape index (κ2) is 9.32. The largest absolute Gasteiger partial charge is 0.350 e. The summed E-state index contributed by atoms with van der Waals surface area (Å²) < 4.78 is 0. The van der Waals surface area contributed by atoms with Crippen LogP contribution in [-0.2, 0) is 0 Å². The SMILES string of the molecule is Cc1ccc2nc(-c3cccnc3)cc(C(=O)NCC(N)C3CC3)c2c1.Cl.Cl. The van der Waals surface area contributed by atoms with Crippen LogP contribution < -0.4 is 11.1 Å². The summed E-state index contributed by atoms with van der Waals surface area (Å²) in [5.74, 6) is 0.446. The van der Waals surface area contributed by atoms with Crippen LogP contribution in [0.4, 0.5) is 0 Å². The zero-order valence-corrected chi connectivity index (χ0v) is 17.2. The monoisotopic (exact) mass is 418 g/mol. The van der Waals surface area contributed by atoms with Gasteiger partial charge in [-0.2, -0.15) is 0 Å². The lowest BCUT2D eigenvalue weighted by Gasteiger charge is -2.14. The van der Waals surface area contributed by atoms with Crippen molar-refractivity contribution in [3.8, 4) is 11.3 Å². The third kappa shape index (κ3) is 4.79. The lowest BCUT2D eigenvalue weighted by molar-refractivity contribution is 0.0952. The maximum absolute atomic E-state index is 12.9. The van der Waals surface area contributed by atoms with Gasteiger partial charge in [-0.05, 0) is 56.0 Å². The summed E-state index contributed by atoms with van der Waals surface area (Å²) in [6, 6.07) is 11.7. The molecule has 1 fully saturated rings. The molecule has 3 N–H and O–H groups in total. The van der Waals surface area contributed by atoms with Gasteiger partial charge >= 0.3 is 0 Å². The van der Waals surface area contributed by atoms with E-state index in [4.69, 9.17) is 10.7 Å². The van der Waals surface area contributed by atoms with Crippen molar-refractivity contribution in [2.24, 2.45) is 11.7 Å². The predicted octanol–water partition coefficient (Wildman–Crippen LogP) is 3.92. The molecule has 28 heavy (non-hydrogen) atoms. The van der Waals surface area contributed by atoms with Crippen LogP contribution in [0, 0.1) is 12.8 Å². The number of hydrogen-bond donors (Lipinski definition) is 2. The third-order valence-corrected chi connectivity index (χ3v) is 4.89. The van der Waals surface area contributed by atoms with E-state index < -0.39 is 0 Å². The lowest BCUT2D eigenvalue weighted by atomic mass is 10.0. The minimum Gasteiger partial charge on any atom is -0.350 e. The Morgan fingerprint density at radius 3 is 2.71 bits per heavy atom. The van der Waals surface area contributed by atoms with E-state index in [-0.39, 0.29) is 36.8 Å². The van der Waals surface area contributed by atoms with Crippen molar-refractivity contribution in [2.75, 3.05) is 6.54 Å². The quantitative estimate of drug-likeness (QED) is 0.657. The average molecular weight is 419 g/mol. The molecule has 0 saturated heterocycles. The highest BCUT2D eigenvalue weighted by atomic mass is 35.5. The fourth-order valence-corrected chi connectivity index (χ4v) is 3.19. The van der Waals surface area contributed by atoms with Gasteiger partial charge < -0.3 is 11.1 Å². The van der Waals surface area contributed by atoms with Gasteiger partial charge in [0.05, 0.1) is 16.8 Å². The van der Waals surface area contributed by atoms with Crippen LogP contribution in [0.15, 0.2) is 48.8 Å². The van der Waals surface area contributed by atoms with Gasteiger partial charge in [0.15, 0.2) is 0 Å². The molecular formula is C21H24Cl2N4O. The standard InChI is InChI=1S/C21H22N4O.2ClH/c1-13-4-7-19-16(9-13)17(21(26)24-12-18(22)14-5-6-14)10-20(25-19)15-3-2-8-23-11-15;;/h2-4,7-11,14,18H,5-6,12,22H2,1H3,(H,24,26);2*1H. The van der Waals surface area contributed by atoms with Gasteiger partial charge in [0, 0.05) is 35.9 Å². The molecule has 148 valence electrons. The first kappa shape index (κ1) is 22.1. The molecule has 2 heterocycles. The molecule has 2 aromatic heterocycles. The molecule has 1 aromatic carbocycles. The molecular weight excluding hydrogens is 395 g/mol. The number of aromatic nitrogens is 2. The molecule has 0 spiro atoms. The Balaban J connectivity index is 0.00000140. The topological polar surface area (TPSA) is 80.9 Å². The third-order valence-electron chi connectivity index (χ3n) is 4.89. The minimum atomic E-state index is -0.107. The van der Waals surface area contributed by atoms with Gasteiger partial charge in [-0.15, -0.1) is 24.8 Å². The number of carbonyl (C=O) groups is 1. The number of halogens is 2. The minimum absolute atomic E-state index is 0. The molecule has 1 amide bonds. The smallest absolute Gasteiger partial charge is 0.252 e. The van der Waals surface area contributed by atoms with E-state index in [0.29, 0.717) is 18.0 Å². The van der Waals surface area contributed by atoms with Crippen molar-refractivity contribution in [2.45, 2.75) is 25.8 Å². The molecule has 5 nitrogen and oxygen atoms in total. The Morgan fingerprint density at radius 1 is 1.25 bits per heavy atom. The Labute approximate surface area is 177 Å². The molecule has 0 bridgehead atoms.